The van der Waals surface area contributed by atoms with Gasteiger partial charge in [-0.05, 0) is 57.8 Å². The highest BCUT2D eigenvalue weighted by molar-refractivity contribution is 5.89. The van der Waals surface area contributed by atoms with E-state index in [1.165, 1.54) is 27.7 Å². The first-order valence-electron chi connectivity index (χ1n) is 27.4. The number of ketones is 1. The Morgan fingerprint density at radius 1 is 0.494 bits per heavy atom. The topological polar surface area (TPSA) is 244 Å². The number of ether oxygens (including phenoxy) is 9. The number of hydrogen-bond acceptors (Lipinski definition) is 17. The molecular weight excluding hydrogens is 1060 g/mol. The lowest BCUT2D eigenvalue weighted by molar-refractivity contribution is -0.273. The van der Waals surface area contributed by atoms with Gasteiger partial charge in [0.25, 0.3) is 0 Å². The van der Waals surface area contributed by atoms with E-state index in [9.17, 15) is 60.3 Å². The van der Waals surface area contributed by atoms with E-state index in [0.717, 1.165) is 0 Å². The summed E-state index contributed by atoms with van der Waals surface area (Å²) in [5, 5.41) is 5.75. The number of unbranched alkanes of at least 4 members (excludes halogenated alkanes) is 8. The van der Waals surface area contributed by atoms with E-state index in [2.05, 4.69) is 15.4 Å². The summed E-state index contributed by atoms with van der Waals surface area (Å²) >= 11 is 0. The molecule has 19 nitrogen and oxygen atoms in total. The maximum atomic E-state index is 14.0. The van der Waals surface area contributed by atoms with Crippen LogP contribution < -0.4 is 15.4 Å². The van der Waals surface area contributed by atoms with E-state index >= 15 is 0 Å². The van der Waals surface area contributed by atoms with Crippen LogP contribution in [0.5, 0.6) is 5.75 Å². The zero-order valence-electron chi connectivity index (χ0n) is 46.7. The van der Waals surface area contributed by atoms with E-state index in [-0.39, 0.29) is 80.2 Å². The molecule has 0 saturated carbocycles. The number of esters is 5. The molecule has 0 bridgehead atoms. The molecule has 2 fully saturated rings. The number of rotatable bonds is 35. The lowest BCUT2D eigenvalue weighted by atomic mass is 9.84. The smallest absolute Gasteiger partial charge is 0.311 e. The summed E-state index contributed by atoms with van der Waals surface area (Å²) in [7, 11) is 0. The Bertz CT molecular complexity index is 2140. The summed E-state index contributed by atoms with van der Waals surface area (Å²) in [5.74, 6) is -17.6. The average Bonchev–Trinajstić information content (AvgIpc) is 3.42. The second-order valence-electron chi connectivity index (χ2n) is 20.4. The molecule has 79 heavy (non-hydrogen) atoms. The van der Waals surface area contributed by atoms with E-state index in [1.54, 1.807) is 0 Å². The summed E-state index contributed by atoms with van der Waals surface area (Å²) in [6, 6.07) is -0.826. The van der Waals surface area contributed by atoms with Crippen LogP contribution >= 0.6 is 0 Å². The molecule has 24 heteroatoms. The minimum atomic E-state index is -2.38. The Morgan fingerprint density at radius 2 is 0.924 bits per heavy atom. The molecule has 10 unspecified atom stereocenters. The molecule has 448 valence electrons. The Kier molecular flexibility index (Phi) is 30.5. The summed E-state index contributed by atoms with van der Waals surface area (Å²) in [6.07, 6.45) is 2.30. The van der Waals surface area contributed by atoms with Gasteiger partial charge < -0.3 is 53.3 Å². The predicted octanol–water partition coefficient (Wildman–Crippen LogP) is 8.11. The van der Waals surface area contributed by atoms with E-state index < -0.39 is 114 Å². The molecule has 2 N–H and O–H groups in total. The number of amides is 2. The van der Waals surface area contributed by atoms with Gasteiger partial charge in [0.05, 0.1) is 6.04 Å². The van der Waals surface area contributed by atoms with Crippen LogP contribution in [0, 0.1) is 52.8 Å². The number of Topliss-reactive ketones (excluding diaryl/α,β-unsaturated/α-hetero) is 1. The van der Waals surface area contributed by atoms with E-state index in [1.807, 2.05) is 27.7 Å². The van der Waals surface area contributed by atoms with E-state index in [0.29, 0.717) is 96.8 Å². The second-order valence-corrected chi connectivity index (χ2v) is 20.4. The van der Waals surface area contributed by atoms with Crippen LogP contribution in [-0.4, -0.2) is 123 Å². The number of hydrogen-bond donors (Lipinski definition) is 2. The van der Waals surface area contributed by atoms with Crippen molar-refractivity contribution >= 4 is 47.4 Å². The molecule has 11 atom stereocenters. The molecular formula is C55H81F5N2O17. The normalized spacial score (nSPS) is 23.2. The van der Waals surface area contributed by atoms with Crippen LogP contribution in [0.25, 0.3) is 0 Å². The quantitative estimate of drug-likeness (QED) is 0.0124. The van der Waals surface area contributed by atoms with Crippen molar-refractivity contribution in [1.82, 2.24) is 10.6 Å². The van der Waals surface area contributed by atoms with Crippen LogP contribution in [0.1, 0.15) is 165 Å². The van der Waals surface area contributed by atoms with Crippen molar-refractivity contribution in [2.24, 2.45) is 23.7 Å². The van der Waals surface area contributed by atoms with Gasteiger partial charge in [-0.1, -0.05) is 53.4 Å². The van der Waals surface area contributed by atoms with Crippen LogP contribution in [0.15, 0.2) is 0 Å². The van der Waals surface area contributed by atoms with Gasteiger partial charge in [0.1, 0.15) is 37.6 Å². The third-order valence-corrected chi connectivity index (χ3v) is 14.0. The van der Waals surface area contributed by atoms with Gasteiger partial charge in [-0.2, -0.15) is 8.78 Å². The molecule has 2 heterocycles. The first-order valence-corrected chi connectivity index (χ1v) is 27.4. The van der Waals surface area contributed by atoms with Gasteiger partial charge in [-0.25, -0.2) is 13.2 Å². The number of halogens is 5. The molecule has 0 aliphatic carbocycles. The summed E-state index contributed by atoms with van der Waals surface area (Å²) in [4.78, 5) is 98.0. The van der Waals surface area contributed by atoms with Crippen molar-refractivity contribution in [2.75, 3.05) is 33.0 Å². The van der Waals surface area contributed by atoms with Gasteiger partial charge in [0.2, 0.25) is 46.6 Å². The lowest BCUT2D eigenvalue weighted by Gasteiger charge is -2.43. The molecule has 0 aromatic heterocycles. The van der Waals surface area contributed by atoms with Crippen LogP contribution in [-0.2, 0) is 76.3 Å². The van der Waals surface area contributed by atoms with Crippen molar-refractivity contribution < 1.29 is 103 Å². The summed E-state index contributed by atoms with van der Waals surface area (Å²) in [6.45, 7) is 13.6. The molecule has 2 aliphatic heterocycles. The number of carbonyl (C=O) groups is 8. The number of carbonyl (C=O) groups excluding carboxylic acids is 8. The molecule has 0 radical (unpaired) electrons. The highest BCUT2D eigenvalue weighted by Crippen LogP contribution is 2.36. The standard InChI is InChI=1S/C55H81F5N2O17/c1-31-33(3)54(77-41(29-73-35(5)63)51(31)75-37(7)65)71-27-19-11-14-23-43(68)61-26-18-17-21-39(40(67)22-13-9-10-16-25-45(70)79-53-49(59)47(57)46(56)48(58)50(53)60)62-44(69)24-15-12-20-28-72-55-34(4)32(2)52(76-38(8)66)42(78-55)30-74-36(6)64/h31-34,39,41-42,51-52,54-55H,9-30H2,1-8H3,(H,61,68)(H,62,69)/t31?,32?,33?,34?,39-,41?,42?,51?,52?,54?,55?/m0/s1. The summed E-state index contributed by atoms with van der Waals surface area (Å²) < 4.78 is 118. The zero-order valence-corrected chi connectivity index (χ0v) is 46.7. The fourth-order valence-electron chi connectivity index (χ4n) is 9.15. The van der Waals surface area contributed by atoms with Crippen molar-refractivity contribution in [3.8, 4) is 5.75 Å². The van der Waals surface area contributed by atoms with Crippen molar-refractivity contribution in [2.45, 2.75) is 208 Å². The molecule has 1 aromatic rings. The van der Waals surface area contributed by atoms with Crippen molar-refractivity contribution in [3.05, 3.63) is 29.1 Å². The SMILES string of the molecule is CC(=O)OCC1OC(OCCCCCC(=O)NCCCC[C@H](NC(=O)CCCCCOC2OC(COC(C)=O)C(OC(C)=O)C(C)C2C)C(=O)CCCCCCC(=O)Oc2c(F)c(F)c(F)c(F)c2F)C(C)C(C)C1OC(C)=O. The third-order valence-electron chi connectivity index (χ3n) is 14.0. The van der Waals surface area contributed by atoms with Gasteiger partial charge >= 0.3 is 29.8 Å². The second kappa shape index (κ2) is 35.4. The summed E-state index contributed by atoms with van der Waals surface area (Å²) in [5.41, 5.74) is 0. The maximum absolute atomic E-state index is 14.0. The minimum Gasteiger partial charge on any atom is -0.463 e. The van der Waals surface area contributed by atoms with Gasteiger partial charge in [0.15, 0.2) is 18.4 Å². The fourth-order valence-corrected chi connectivity index (χ4v) is 9.15. The van der Waals surface area contributed by atoms with E-state index in [4.69, 9.17) is 37.9 Å². The number of benzene rings is 1. The average molecular weight is 1140 g/mol. The predicted molar refractivity (Wildman–Crippen MR) is 271 cm³/mol. The van der Waals surface area contributed by atoms with Crippen molar-refractivity contribution in [3.63, 3.8) is 0 Å². The Morgan fingerprint density at radius 3 is 1.39 bits per heavy atom. The zero-order chi connectivity index (χ0) is 58.8. The van der Waals surface area contributed by atoms with Gasteiger partial charge in [0, 0.05) is 96.8 Å². The van der Waals surface area contributed by atoms with Crippen LogP contribution in [0.2, 0.25) is 0 Å². The highest BCUT2D eigenvalue weighted by atomic mass is 19.2. The third kappa shape index (κ3) is 23.7. The first-order chi connectivity index (χ1) is 37.4. The Balaban J connectivity index is 1.44. The minimum absolute atomic E-state index is 0.0711. The molecule has 2 amide bonds. The first kappa shape index (κ1) is 67.9. The molecule has 0 spiro atoms. The fraction of sp³-hybridized carbons (Fsp3) is 0.745. The van der Waals surface area contributed by atoms with Gasteiger partial charge in [-0.15, -0.1) is 0 Å². The molecule has 2 saturated heterocycles. The monoisotopic (exact) mass is 1140 g/mol. The highest BCUT2D eigenvalue weighted by Gasteiger charge is 2.46. The van der Waals surface area contributed by atoms with Crippen molar-refractivity contribution in [1.29, 1.82) is 0 Å². The Hall–Kier alpha value is -5.33. The lowest BCUT2D eigenvalue weighted by Crippen LogP contribution is -2.53. The maximum Gasteiger partial charge on any atom is 0.311 e. The van der Waals surface area contributed by atoms with Gasteiger partial charge in [-0.3, -0.25) is 38.4 Å². The molecule has 2 aliphatic rings. The number of nitrogens with one attached hydrogen (secondary N) is 2. The molecule has 1 aromatic carbocycles. The molecule has 3 rings (SSSR count). The largest absolute Gasteiger partial charge is 0.463 e. The van der Waals surface area contributed by atoms with Crippen LogP contribution in [0.4, 0.5) is 22.0 Å². The Labute approximate surface area is 459 Å². The van der Waals surface area contributed by atoms with Crippen LogP contribution in [0.3, 0.4) is 0 Å².